The van der Waals surface area contributed by atoms with Gasteiger partial charge in [-0.1, -0.05) is 54.1 Å². The molecule has 0 radical (unpaired) electrons. The fourth-order valence-electron chi connectivity index (χ4n) is 3.09. The van der Waals surface area contributed by atoms with Crippen LogP contribution in [-0.4, -0.2) is 26.5 Å². The maximum atomic E-state index is 12.2. The maximum Gasteiger partial charge on any atom is 0.260 e. The predicted molar refractivity (Wildman–Crippen MR) is 120 cm³/mol. The van der Waals surface area contributed by atoms with Crippen LogP contribution in [0.1, 0.15) is 11.1 Å². The molecule has 1 amide bonds. The Balaban J connectivity index is 1.58. The lowest BCUT2D eigenvalue weighted by Crippen LogP contribution is -2.28. The largest absolute Gasteiger partial charge is 0.306 e. The molecule has 0 saturated carbocycles. The van der Waals surface area contributed by atoms with Gasteiger partial charge in [0.1, 0.15) is 12.2 Å². The molecule has 0 fully saturated rings. The number of carbonyl (C=O) groups is 1. The summed E-state index contributed by atoms with van der Waals surface area (Å²) >= 11 is 0. The first-order valence-corrected chi connectivity index (χ1v) is 9.80. The molecule has 0 aliphatic rings. The third-order valence-electron chi connectivity index (χ3n) is 4.69. The van der Waals surface area contributed by atoms with Gasteiger partial charge in [-0.05, 0) is 25.1 Å². The van der Waals surface area contributed by atoms with Gasteiger partial charge in [0, 0.05) is 29.6 Å². The summed E-state index contributed by atoms with van der Waals surface area (Å²) in [5.74, 6) is -0.392. The van der Waals surface area contributed by atoms with E-state index in [1.807, 2.05) is 67.7 Å². The average Bonchev–Trinajstić information content (AvgIpc) is 3.21. The van der Waals surface area contributed by atoms with E-state index in [0.717, 1.165) is 28.1 Å². The molecule has 0 spiro atoms. The molecule has 0 bridgehead atoms. The zero-order chi connectivity index (χ0) is 21.6. The minimum Gasteiger partial charge on any atom is -0.306 e. The van der Waals surface area contributed by atoms with Crippen LogP contribution >= 0.6 is 0 Å². The van der Waals surface area contributed by atoms with E-state index in [2.05, 4.69) is 10.5 Å². The monoisotopic (exact) mass is 411 g/mol. The third-order valence-corrected chi connectivity index (χ3v) is 4.69. The first kappa shape index (κ1) is 20.0. The van der Waals surface area contributed by atoms with Crippen LogP contribution in [-0.2, 0) is 11.3 Å². The lowest BCUT2D eigenvalue weighted by molar-refractivity contribution is -0.121. The maximum absolute atomic E-state index is 12.2. The van der Waals surface area contributed by atoms with E-state index in [1.165, 1.54) is 10.6 Å². The zero-order valence-corrected chi connectivity index (χ0v) is 17.0. The second-order valence-electron chi connectivity index (χ2n) is 7.04. The van der Waals surface area contributed by atoms with Gasteiger partial charge in [-0.2, -0.15) is 10.2 Å². The summed E-state index contributed by atoms with van der Waals surface area (Å²) in [6.45, 7) is 1.92. The summed E-state index contributed by atoms with van der Waals surface area (Å²) in [5.41, 5.74) is 6.76. The summed E-state index contributed by atoms with van der Waals surface area (Å²) in [5, 5.41) is 8.81. The number of amides is 1. The van der Waals surface area contributed by atoms with Crippen LogP contribution in [0.15, 0.2) is 95.1 Å². The zero-order valence-electron chi connectivity index (χ0n) is 17.0. The Morgan fingerprint density at radius 2 is 1.77 bits per heavy atom. The van der Waals surface area contributed by atoms with Gasteiger partial charge in [0.05, 0.1) is 11.9 Å². The predicted octanol–water partition coefficient (Wildman–Crippen LogP) is 3.16. The van der Waals surface area contributed by atoms with Crippen LogP contribution in [0.25, 0.3) is 16.9 Å². The van der Waals surface area contributed by atoms with Crippen molar-refractivity contribution >= 4 is 12.1 Å². The van der Waals surface area contributed by atoms with Crippen LogP contribution < -0.4 is 11.0 Å². The van der Waals surface area contributed by atoms with Crippen LogP contribution in [0.3, 0.4) is 0 Å². The minimum atomic E-state index is -0.392. The Hall–Kier alpha value is -4.26. The number of pyridine rings is 1. The van der Waals surface area contributed by atoms with Gasteiger partial charge in [-0.3, -0.25) is 9.59 Å². The molecule has 2 aromatic heterocycles. The van der Waals surface area contributed by atoms with Gasteiger partial charge in [0.15, 0.2) is 0 Å². The fourth-order valence-corrected chi connectivity index (χ4v) is 3.09. The van der Waals surface area contributed by atoms with Gasteiger partial charge in [0.2, 0.25) is 0 Å². The molecule has 7 heteroatoms. The molecule has 7 nitrogen and oxygen atoms in total. The first-order chi connectivity index (χ1) is 15.1. The van der Waals surface area contributed by atoms with Crippen molar-refractivity contribution in [2.75, 3.05) is 0 Å². The highest BCUT2D eigenvalue weighted by Gasteiger charge is 2.11. The van der Waals surface area contributed by atoms with Gasteiger partial charge in [-0.15, -0.1) is 0 Å². The van der Waals surface area contributed by atoms with Crippen LogP contribution in [0.5, 0.6) is 0 Å². The van der Waals surface area contributed by atoms with Crippen molar-refractivity contribution in [3.8, 4) is 16.9 Å². The first-order valence-electron chi connectivity index (χ1n) is 9.80. The van der Waals surface area contributed by atoms with Crippen molar-refractivity contribution in [1.29, 1.82) is 0 Å². The molecule has 154 valence electrons. The van der Waals surface area contributed by atoms with Crippen LogP contribution in [0.2, 0.25) is 0 Å². The number of benzene rings is 2. The quantitative estimate of drug-likeness (QED) is 0.391. The number of rotatable bonds is 6. The second-order valence-corrected chi connectivity index (χ2v) is 7.04. The Morgan fingerprint density at radius 1 is 1.03 bits per heavy atom. The number of aryl methyl sites for hydroxylation is 1. The van der Waals surface area contributed by atoms with E-state index >= 15 is 0 Å². The van der Waals surface area contributed by atoms with E-state index in [4.69, 9.17) is 5.10 Å². The van der Waals surface area contributed by atoms with Gasteiger partial charge >= 0.3 is 0 Å². The molecule has 0 aliphatic carbocycles. The average molecular weight is 411 g/mol. The summed E-state index contributed by atoms with van der Waals surface area (Å²) in [6.07, 6.45) is 4.99. The Kier molecular flexibility index (Phi) is 5.84. The van der Waals surface area contributed by atoms with Crippen molar-refractivity contribution < 1.29 is 4.79 Å². The summed E-state index contributed by atoms with van der Waals surface area (Å²) in [6, 6.07) is 22.6. The Morgan fingerprint density at radius 3 is 2.52 bits per heavy atom. The van der Waals surface area contributed by atoms with Gasteiger partial charge in [-0.25, -0.2) is 10.1 Å². The van der Waals surface area contributed by atoms with E-state index in [0.29, 0.717) is 0 Å². The van der Waals surface area contributed by atoms with E-state index in [-0.39, 0.29) is 12.1 Å². The highest BCUT2D eigenvalue weighted by Crippen LogP contribution is 2.23. The van der Waals surface area contributed by atoms with E-state index in [1.54, 1.807) is 29.2 Å². The number of hydrogen-bond donors (Lipinski definition) is 1. The number of nitrogens with one attached hydrogen (secondary N) is 1. The Labute approximate surface area is 179 Å². The third kappa shape index (κ3) is 4.84. The van der Waals surface area contributed by atoms with Crippen molar-refractivity contribution in [1.82, 2.24) is 19.8 Å². The van der Waals surface area contributed by atoms with Crippen molar-refractivity contribution in [2.45, 2.75) is 13.5 Å². The number of nitrogens with zero attached hydrogens (tertiary/aromatic N) is 4. The second kappa shape index (κ2) is 9.04. The van der Waals surface area contributed by atoms with Gasteiger partial charge < -0.3 is 4.57 Å². The molecular formula is C24H21N5O2. The van der Waals surface area contributed by atoms with Crippen molar-refractivity contribution in [2.24, 2.45) is 5.10 Å². The number of hydrogen-bond acceptors (Lipinski definition) is 4. The van der Waals surface area contributed by atoms with E-state index in [9.17, 15) is 9.59 Å². The lowest BCUT2D eigenvalue weighted by atomic mass is 10.1. The topological polar surface area (TPSA) is 81.3 Å². The van der Waals surface area contributed by atoms with Crippen LogP contribution in [0.4, 0.5) is 0 Å². The standard InChI is InChI=1S/C24H21N5O2/c1-18-10-12-19(13-11-18)24-20(16-29(27-24)21-7-3-2-4-8-21)15-25-26-22(30)17-28-14-6-5-9-23(28)31/h2-16H,17H2,1H3,(H,26,30)/b25-15-. The van der Waals surface area contributed by atoms with E-state index < -0.39 is 5.91 Å². The number of hydrazone groups is 1. The molecule has 1 N–H and O–H groups in total. The highest BCUT2D eigenvalue weighted by atomic mass is 16.2. The van der Waals surface area contributed by atoms with Gasteiger partial charge in [0.25, 0.3) is 11.5 Å². The molecule has 2 aromatic carbocycles. The molecule has 0 aliphatic heterocycles. The van der Waals surface area contributed by atoms with Crippen molar-refractivity contribution in [3.05, 3.63) is 107 Å². The van der Waals surface area contributed by atoms with Crippen molar-refractivity contribution in [3.63, 3.8) is 0 Å². The SMILES string of the molecule is Cc1ccc(-c2nn(-c3ccccc3)cc2/C=N\NC(=O)Cn2ccccc2=O)cc1. The molecule has 4 aromatic rings. The number of para-hydroxylation sites is 1. The Bertz CT molecular complexity index is 1270. The summed E-state index contributed by atoms with van der Waals surface area (Å²) < 4.78 is 3.10. The molecule has 31 heavy (non-hydrogen) atoms. The lowest BCUT2D eigenvalue weighted by Gasteiger charge is -2.03. The highest BCUT2D eigenvalue weighted by molar-refractivity contribution is 5.89. The minimum absolute atomic E-state index is 0.106. The summed E-state index contributed by atoms with van der Waals surface area (Å²) in [4.78, 5) is 23.9. The fraction of sp³-hybridized carbons (Fsp3) is 0.0833. The number of aromatic nitrogens is 3. The normalized spacial score (nSPS) is 11.0. The van der Waals surface area contributed by atoms with Crippen LogP contribution in [0, 0.1) is 6.92 Å². The molecule has 0 saturated heterocycles. The molecular weight excluding hydrogens is 390 g/mol. The summed E-state index contributed by atoms with van der Waals surface area (Å²) in [7, 11) is 0. The number of carbonyl (C=O) groups excluding carboxylic acids is 1. The smallest absolute Gasteiger partial charge is 0.260 e. The molecule has 4 rings (SSSR count). The molecule has 0 unspecified atom stereocenters. The molecule has 2 heterocycles. The molecule has 0 atom stereocenters.